The summed E-state index contributed by atoms with van der Waals surface area (Å²) >= 11 is 0. The van der Waals surface area contributed by atoms with Crippen LogP contribution in [0, 0.1) is 11.3 Å². The third-order valence-corrected chi connectivity index (χ3v) is 20.0. The van der Waals surface area contributed by atoms with E-state index in [0.717, 1.165) is 160 Å². The van der Waals surface area contributed by atoms with E-state index in [2.05, 4.69) is 300 Å². The SMILES string of the molecule is N#Cc1cc(-n2c3cc(-n4c5ccccc5c5ccccc54)ccc3c3ccc(-n4c5ccccc5c5ccccc54)cc32)c(-c2cccc(C(F)(F)F)c2)c(-n2c3cc(-n4c5ccccc5c5ccccc54)ccc3c3ccc(-n4c5ccccc5c5ccccc54)cc32)c1. The number of rotatable bonds is 7. The molecule has 0 N–H and O–H groups in total. The molecule has 20 aromatic rings. The molecule has 0 spiro atoms. The summed E-state index contributed by atoms with van der Waals surface area (Å²) in [5.41, 5.74) is 16.3. The molecule has 10 heteroatoms. The zero-order valence-corrected chi connectivity index (χ0v) is 51.1. The second-order valence-electron chi connectivity index (χ2n) is 25.0. The van der Waals surface area contributed by atoms with Gasteiger partial charge in [0.1, 0.15) is 0 Å². The molecule has 450 valence electrons. The first-order valence-electron chi connectivity index (χ1n) is 32.1. The molecule has 14 aromatic carbocycles. The van der Waals surface area contributed by atoms with Gasteiger partial charge in [-0.05, 0) is 127 Å². The van der Waals surface area contributed by atoms with Crippen molar-refractivity contribution < 1.29 is 13.2 Å². The number of nitrogens with zero attached hydrogens (tertiary/aromatic N) is 7. The van der Waals surface area contributed by atoms with Crippen LogP contribution in [-0.4, -0.2) is 27.4 Å². The van der Waals surface area contributed by atoms with E-state index in [0.29, 0.717) is 28.1 Å². The Hall–Kier alpha value is -12.8. The van der Waals surface area contributed by atoms with Crippen LogP contribution < -0.4 is 0 Å². The fraction of sp³-hybridized carbons (Fsp3) is 0.0116. The Morgan fingerprint density at radius 1 is 0.240 bits per heavy atom. The standard InChI is InChI=1S/C86H50F3N7/c87-86(88,89)54-19-17-18-53(46-54)85-83(95-79-47-55(91-71-28-9-1-20-59(71)60-21-2-10-29-72(60)91)36-40-67(79)68-41-37-56(48-80(68)95)92-73-30-11-3-22-61(73)62-23-4-12-31-74(62)92)44-52(51-90)45-84(85)96-81-49-57(93-75-32-13-5-24-63(75)64-25-6-14-33-76(64)93)38-42-69(81)70-43-39-58(50-82(70)96)94-77-34-15-7-26-65(77)66-27-8-16-35-78(66)94/h1-50H. The topological polar surface area (TPSA) is 53.4 Å². The molecule has 0 amide bonds. The molecule has 0 aliphatic rings. The number of nitriles is 1. The van der Waals surface area contributed by atoms with Crippen LogP contribution in [0.1, 0.15) is 11.1 Å². The average molecular weight is 1240 g/mol. The molecular formula is C86H50F3N7. The van der Waals surface area contributed by atoms with Crippen LogP contribution in [0.5, 0.6) is 0 Å². The summed E-state index contributed by atoms with van der Waals surface area (Å²) in [7, 11) is 0. The molecule has 0 aliphatic carbocycles. The molecule has 0 fully saturated rings. The summed E-state index contributed by atoms with van der Waals surface area (Å²) < 4.78 is 60.8. The minimum Gasteiger partial charge on any atom is -0.309 e. The van der Waals surface area contributed by atoms with Gasteiger partial charge >= 0.3 is 6.18 Å². The van der Waals surface area contributed by atoms with Crippen LogP contribution in [-0.2, 0) is 6.18 Å². The van der Waals surface area contributed by atoms with Crippen molar-refractivity contribution in [3.05, 3.63) is 314 Å². The van der Waals surface area contributed by atoms with E-state index >= 15 is 13.2 Å². The van der Waals surface area contributed by atoms with Gasteiger partial charge in [-0.3, -0.25) is 0 Å². The van der Waals surface area contributed by atoms with Crippen LogP contribution in [0.4, 0.5) is 13.2 Å². The maximum Gasteiger partial charge on any atom is 0.416 e. The number of halogens is 3. The Bertz CT molecular complexity index is 5870. The van der Waals surface area contributed by atoms with Gasteiger partial charge in [0.2, 0.25) is 0 Å². The number of benzene rings is 14. The number of hydrogen-bond acceptors (Lipinski definition) is 1. The van der Waals surface area contributed by atoms with Gasteiger partial charge in [-0.1, -0.05) is 182 Å². The van der Waals surface area contributed by atoms with Crippen molar-refractivity contribution in [1.82, 2.24) is 27.4 Å². The van der Waals surface area contributed by atoms with E-state index in [4.69, 9.17) is 0 Å². The Morgan fingerprint density at radius 2 is 0.490 bits per heavy atom. The van der Waals surface area contributed by atoms with Gasteiger partial charge in [-0.2, -0.15) is 18.4 Å². The lowest BCUT2D eigenvalue weighted by Crippen LogP contribution is -2.08. The van der Waals surface area contributed by atoms with Crippen molar-refractivity contribution in [3.8, 4) is 51.3 Å². The maximum atomic E-state index is 15.7. The fourth-order valence-electron chi connectivity index (χ4n) is 16.0. The van der Waals surface area contributed by atoms with E-state index in [9.17, 15) is 5.26 Å². The van der Waals surface area contributed by atoms with E-state index in [1.807, 2.05) is 12.1 Å². The molecule has 6 aromatic heterocycles. The smallest absolute Gasteiger partial charge is 0.309 e. The molecule has 0 bridgehead atoms. The van der Waals surface area contributed by atoms with Crippen LogP contribution in [0.15, 0.2) is 303 Å². The Kier molecular flexibility index (Phi) is 11.3. The van der Waals surface area contributed by atoms with Gasteiger partial charge in [0.15, 0.2) is 0 Å². The summed E-state index contributed by atoms with van der Waals surface area (Å²) in [5, 5.41) is 24.3. The predicted molar refractivity (Wildman–Crippen MR) is 388 cm³/mol. The highest BCUT2D eigenvalue weighted by atomic mass is 19.4. The highest BCUT2D eigenvalue weighted by Crippen LogP contribution is 2.48. The van der Waals surface area contributed by atoms with Gasteiger partial charge in [0, 0.05) is 92.9 Å². The third-order valence-electron chi connectivity index (χ3n) is 20.0. The summed E-state index contributed by atoms with van der Waals surface area (Å²) in [6, 6.07) is 106. The van der Waals surface area contributed by atoms with Crippen LogP contribution >= 0.6 is 0 Å². The van der Waals surface area contributed by atoms with E-state index in [1.54, 1.807) is 6.07 Å². The lowest BCUT2D eigenvalue weighted by Gasteiger charge is -2.22. The van der Waals surface area contributed by atoms with Gasteiger partial charge in [0.05, 0.1) is 94.8 Å². The van der Waals surface area contributed by atoms with Crippen molar-refractivity contribution in [2.45, 2.75) is 6.18 Å². The Morgan fingerprint density at radius 3 is 0.740 bits per heavy atom. The minimum atomic E-state index is -4.70. The monoisotopic (exact) mass is 1240 g/mol. The first-order chi connectivity index (χ1) is 47.2. The molecule has 0 radical (unpaired) electrons. The first-order valence-corrected chi connectivity index (χ1v) is 32.1. The van der Waals surface area contributed by atoms with E-state index in [-0.39, 0.29) is 0 Å². The van der Waals surface area contributed by atoms with Gasteiger partial charge < -0.3 is 27.4 Å². The number of fused-ring (bicyclic) bond motifs is 18. The molecule has 96 heavy (non-hydrogen) atoms. The highest BCUT2D eigenvalue weighted by Gasteiger charge is 2.32. The van der Waals surface area contributed by atoms with Crippen molar-refractivity contribution in [1.29, 1.82) is 5.26 Å². The minimum absolute atomic E-state index is 0.315. The van der Waals surface area contributed by atoms with Gasteiger partial charge in [0.25, 0.3) is 0 Å². The van der Waals surface area contributed by atoms with Crippen LogP contribution in [0.25, 0.3) is 176 Å². The summed E-state index contributed by atoms with van der Waals surface area (Å²) in [4.78, 5) is 0. The number of alkyl halides is 3. The van der Waals surface area contributed by atoms with Crippen LogP contribution in [0.3, 0.4) is 0 Å². The normalized spacial score (nSPS) is 12.3. The molecular weight excluding hydrogens is 1190 g/mol. The first kappa shape index (κ1) is 53.8. The second kappa shape index (κ2) is 20.1. The fourth-order valence-corrected chi connectivity index (χ4v) is 16.0. The number of para-hydroxylation sites is 8. The lowest BCUT2D eigenvalue weighted by molar-refractivity contribution is -0.137. The zero-order chi connectivity index (χ0) is 63.7. The number of aromatic nitrogens is 6. The molecule has 6 heterocycles. The molecule has 0 saturated carbocycles. The summed E-state index contributed by atoms with van der Waals surface area (Å²) in [6.07, 6.45) is -4.70. The van der Waals surface area contributed by atoms with E-state index in [1.165, 1.54) is 12.1 Å². The Labute approximate surface area is 545 Å². The predicted octanol–water partition coefficient (Wildman–Crippen LogP) is 22.8. The van der Waals surface area contributed by atoms with Crippen LogP contribution in [0.2, 0.25) is 0 Å². The molecule has 7 nitrogen and oxygen atoms in total. The highest BCUT2D eigenvalue weighted by molar-refractivity contribution is 6.17. The quantitative estimate of drug-likeness (QED) is 0.157. The van der Waals surface area contributed by atoms with Crippen molar-refractivity contribution >= 4 is 131 Å². The molecule has 0 atom stereocenters. The molecule has 0 aliphatic heterocycles. The van der Waals surface area contributed by atoms with Gasteiger partial charge in [-0.25, -0.2) is 0 Å². The van der Waals surface area contributed by atoms with E-state index < -0.39 is 11.7 Å². The Balaban J connectivity index is 0.958. The van der Waals surface area contributed by atoms with Crippen molar-refractivity contribution in [2.75, 3.05) is 0 Å². The third kappa shape index (κ3) is 7.65. The maximum absolute atomic E-state index is 15.7. The summed E-state index contributed by atoms with van der Waals surface area (Å²) in [5.74, 6) is 0. The van der Waals surface area contributed by atoms with Gasteiger partial charge in [-0.15, -0.1) is 0 Å². The zero-order valence-electron chi connectivity index (χ0n) is 51.1. The van der Waals surface area contributed by atoms with Crippen molar-refractivity contribution in [2.24, 2.45) is 0 Å². The molecule has 0 saturated heterocycles. The summed E-state index contributed by atoms with van der Waals surface area (Å²) in [6.45, 7) is 0. The molecule has 20 rings (SSSR count). The van der Waals surface area contributed by atoms with Crippen molar-refractivity contribution in [3.63, 3.8) is 0 Å². The molecule has 0 unspecified atom stereocenters. The largest absolute Gasteiger partial charge is 0.416 e. The average Bonchev–Trinajstić information content (AvgIpc) is 1.54. The second-order valence-corrected chi connectivity index (χ2v) is 25.0. The number of hydrogen-bond donors (Lipinski definition) is 0. The lowest BCUT2D eigenvalue weighted by atomic mass is 9.96.